The lowest BCUT2D eigenvalue weighted by Crippen LogP contribution is -2.29. The smallest absolute Gasteiger partial charge is 0.119 e. The highest BCUT2D eigenvalue weighted by Gasteiger charge is 2.13. The highest BCUT2D eigenvalue weighted by atomic mass is 32.1. The minimum absolute atomic E-state index is 0.461. The Morgan fingerprint density at radius 2 is 2.05 bits per heavy atom. The quantitative estimate of drug-likeness (QED) is 0.823. The second-order valence-electron chi connectivity index (χ2n) is 5.14. The molecule has 1 aromatic heterocycles. The average Bonchev–Trinajstić information content (AvgIpc) is 2.93. The Morgan fingerprint density at radius 3 is 2.65 bits per heavy atom. The monoisotopic (exact) mass is 290 g/mol. The zero-order valence-corrected chi connectivity index (χ0v) is 13.1. The molecule has 0 saturated heterocycles. The first kappa shape index (κ1) is 14.9. The predicted octanol–water partition coefficient (Wildman–Crippen LogP) is 3.75. The zero-order valence-electron chi connectivity index (χ0n) is 12.3. The number of hydrogen-bond acceptors (Lipinski definition) is 4. The van der Waals surface area contributed by atoms with Gasteiger partial charge < -0.3 is 10.5 Å². The van der Waals surface area contributed by atoms with Gasteiger partial charge in [-0.15, -0.1) is 11.3 Å². The third-order valence-corrected chi connectivity index (χ3v) is 4.25. The van der Waals surface area contributed by atoms with E-state index in [1.807, 2.05) is 18.2 Å². The van der Waals surface area contributed by atoms with Gasteiger partial charge in [0.1, 0.15) is 5.75 Å². The van der Waals surface area contributed by atoms with Crippen LogP contribution < -0.4 is 10.5 Å². The van der Waals surface area contributed by atoms with Crippen LogP contribution in [0.3, 0.4) is 0 Å². The number of ether oxygens (including phenoxy) is 1. The summed E-state index contributed by atoms with van der Waals surface area (Å²) in [5.74, 6) is 0.856. The number of anilines is 1. The predicted molar refractivity (Wildman–Crippen MR) is 86.1 cm³/mol. The summed E-state index contributed by atoms with van der Waals surface area (Å²) in [5, 5.41) is 2.12. The first-order chi connectivity index (χ1) is 9.60. The molecule has 0 bridgehead atoms. The molecule has 0 unspecified atom stereocenters. The molecule has 4 heteroatoms. The topological polar surface area (TPSA) is 38.5 Å². The highest BCUT2D eigenvalue weighted by Crippen LogP contribution is 2.23. The van der Waals surface area contributed by atoms with Crippen molar-refractivity contribution in [2.24, 2.45) is 0 Å². The van der Waals surface area contributed by atoms with Crippen molar-refractivity contribution >= 4 is 17.0 Å². The Morgan fingerprint density at radius 1 is 1.25 bits per heavy atom. The van der Waals surface area contributed by atoms with Crippen molar-refractivity contribution in [3.05, 3.63) is 46.2 Å². The largest absolute Gasteiger partial charge is 0.497 e. The van der Waals surface area contributed by atoms with E-state index in [0.717, 1.165) is 30.1 Å². The van der Waals surface area contributed by atoms with E-state index in [-0.39, 0.29) is 0 Å². The summed E-state index contributed by atoms with van der Waals surface area (Å²) in [6.07, 6.45) is 0. The number of thiophene rings is 1. The minimum atomic E-state index is 0.461. The summed E-state index contributed by atoms with van der Waals surface area (Å²) in [4.78, 5) is 3.79. The molecule has 0 aliphatic rings. The van der Waals surface area contributed by atoms with Gasteiger partial charge in [-0.3, -0.25) is 4.90 Å². The summed E-state index contributed by atoms with van der Waals surface area (Å²) in [5.41, 5.74) is 8.03. The van der Waals surface area contributed by atoms with Crippen LogP contribution in [0.25, 0.3) is 0 Å². The second kappa shape index (κ2) is 6.77. The Labute approximate surface area is 125 Å². The summed E-state index contributed by atoms with van der Waals surface area (Å²) in [7, 11) is 1.68. The fourth-order valence-corrected chi connectivity index (χ4v) is 2.82. The number of methoxy groups -OCH3 is 1. The zero-order chi connectivity index (χ0) is 14.5. The van der Waals surface area contributed by atoms with Gasteiger partial charge in [0.05, 0.1) is 7.11 Å². The fraction of sp³-hybridized carbons (Fsp3) is 0.375. The van der Waals surface area contributed by atoms with Gasteiger partial charge in [-0.2, -0.15) is 0 Å². The highest BCUT2D eigenvalue weighted by molar-refractivity contribution is 7.09. The normalized spacial score (nSPS) is 11.2. The molecule has 108 valence electrons. The maximum absolute atomic E-state index is 6.09. The molecular formula is C16H22N2OS. The molecule has 1 aromatic carbocycles. The van der Waals surface area contributed by atoms with Crippen LogP contribution in [0.1, 0.15) is 24.3 Å². The van der Waals surface area contributed by atoms with Crippen LogP contribution in [0.15, 0.2) is 35.7 Å². The first-order valence-electron chi connectivity index (χ1n) is 6.79. The summed E-state index contributed by atoms with van der Waals surface area (Å²) < 4.78 is 5.29. The number of nitrogens with zero attached hydrogens (tertiary/aromatic N) is 1. The van der Waals surface area contributed by atoms with Crippen molar-refractivity contribution in [3.8, 4) is 5.75 Å². The standard InChI is InChI=1S/C16H22N2OS/c1-12(2)18(11-15-5-4-8-20-15)10-13-9-14(19-3)6-7-16(13)17/h4-9,12H,10-11,17H2,1-3H3. The van der Waals surface area contributed by atoms with Crippen molar-refractivity contribution in [2.75, 3.05) is 12.8 Å². The van der Waals surface area contributed by atoms with Crippen LogP contribution in [0, 0.1) is 0 Å². The molecule has 0 aliphatic carbocycles. The molecule has 0 radical (unpaired) electrons. The molecule has 1 heterocycles. The maximum Gasteiger partial charge on any atom is 0.119 e. The van der Waals surface area contributed by atoms with E-state index >= 15 is 0 Å². The maximum atomic E-state index is 6.09. The molecule has 0 amide bonds. The van der Waals surface area contributed by atoms with Gasteiger partial charge in [0.15, 0.2) is 0 Å². The SMILES string of the molecule is COc1ccc(N)c(CN(Cc2cccs2)C(C)C)c1. The van der Waals surface area contributed by atoms with Crippen LogP contribution in [0.4, 0.5) is 5.69 Å². The molecule has 2 N–H and O–H groups in total. The number of nitrogen functional groups attached to an aromatic ring is 1. The van der Waals surface area contributed by atoms with E-state index < -0.39 is 0 Å². The number of benzene rings is 1. The van der Waals surface area contributed by atoms with Gasteiger partial charge in [0, 0.05) is 29.7 Å². The van der Waals surface area contributed by atoms with E-state index in [4.69, 9.17) is 10.5 Å². The number of rotatable bonds is 6. The van der Waals surface area contributed by atoms with Crippen molar-refractivity contribution in [1.29, 1.82) is 0 Å². The lowest BCUT2D eigenvalue weighted by atomic mass is 10.1. The van der Waals surface area contributed by atoms with Crippen LogP contribution >= 0.6 is 11.3 Å². The summed E-state index contributed by atoms with van der Waals surface area (Å²) in [6, 6.07) is 10.6. The van der Waals surface area contributed by atoms with Gasteiger partial charge in [0.25, 0.3) is 0 Å². The first-order valence-corrected chi connectivity index (χ1v) is 7.67. The van der Waals surface area contributed by atoms with Crippen LogP contribution in [-0.4, -0.2) is 18.1 Å². The lowest BCUT2D eigenvalue weighted by molar-refractivity contribution is 0.206. The van der Waals surface area contributed by atoms with Crippen LogP contribution in [0.2, 0.25) is 0 Å². The van der Waals surface area contributed by atoms with Gasteiger partial charge in [-0.25, -0.2) is 0 Å². The summed E-state index contributed by atoms with van der Waals surface area (Å²) >= 11 is 1.79. The average molecular weight is 290 g/mol. The van der Waals surface area contributed by atoms with Crippen molar-refractivity contribution in [2.45, 2.75) is 33.0 Å². The fourth-order valence-electron chi connectivity index (χ4n) is 2.09. The van der Waals surface area contributed by atoms with Crippen molar-refractivity contribution in [3.63, 3.8) is 0 Å². The number of hydrogen-bond donors (Lipinski definition) is 1. The molecule has 0 atom stereocenters. The Kier molecular flexibility index (Phi) is 5.04. The Bertz CT molecular complexity index is 537. The molecular weight excluding hydrogens is 268 g/mol. The van der Waals surface area contributed by atoms with E-state index in [0.29, 0.717) is 6.04 Å². The van der Waals surface area contributed by atoms with Crippen LogP contribution in [-0.2, 0) is 13.1 Å². The van der Waals surface area contributed by atoms with E-state index in [9.17, 15) is 0 Å². The molecule has 2 rings (SSSR count). The Hall–Kier alpha value is -1.52. The van der Waals surface area contributed by atoms with Crippen molar-refractivity contribution < 1.29 is 4.74 Å². The minimum Gasteiger partial charge on any atom is -0.497 e. The van der Waals surface area contributed by atoms with Gasteiger partial charge in [-0.1, -0.05) is 6.07 Å². The summed E-state index contributed by atoms with van der Waals surface area (Å²) in [6.45, 7) is 6.21. The van der Waals surface area contributed by atoms with Crippen LogP contribution in [0.5, 0.6) is 5.75 Å². The van der Waals surface area contributed by atoms with E-state index in [1.165, 1.54) is 4.88 Å². The molecule has 0 spiro atoms. The molecule has 0 saturated carbocycles. The third-order valence-electron chi connectivity index (χ3n) is 3.39. The molecule has 0 fully saturated rings. The molecule has 20 heavy (non-hydrogen) atoms. The van der Waals surface area contributed by atoms with Gasteiger partial charge in [0.2, 0.25) is 0 Å². The van der Waals surface area contributed by atoms with Gasteiger partial charge >= 0.3 is 0 Å². The van der Waals surface area contributed by atoms with Crippen molar-refractivity contribution in [1.82, 2.24) is 4.90 Å². The molecule has 2 aromatic rings. The molecule has 3 nitrogen and oxygen atoms in total. The van der Waals surface area contributed by atoms with Gasteiger partial charge in [-0.05, 0) is 49.1 Å². The third kappa shape index (κ3) is 3.74. The Balaban J connectivity index is 2.15. The molecule has 0 aliphatic heterocycles. The van der Waals surface area contributed by atoms with E-state index in [2.05, 4.69) is 36.3 Å². The second-order valence-corrected chi connectivity index (χ2v) is 6.18. The van der Waals surface area contributed by atoms with E-state index in [1.54, 1.807) is 18.4 Å². The lowest BCUT2D eigenvalue weighted by Gasteiger charge is -2.26. The number of nitrogens with two attached hydrogens (primary N) is 1.